The Labute approximate surface area is 129 Å². The van der Waals surface area contributed by atoms with Crippen molar-refractivity contribution in [3.05, 3.63) is 75.1 Å². The van der Waals surface area contributed by atoms with Crippen LogP contribution in [0.2, 0.25) is 0 Å². The van der Waals surface area contributed by atoms with Crippen molar-refractivity contribution < 1.29 is 19.1 Å². The molecule has 0 fully saturated rings. The molecule has 0 amide bonds. The summed E-state index contributed by atoms with van der Waals surface area (Å²) >= 11 is 0. The highest BCUT2D eigenvalue weighted by molar-refractivity contribution is 5.92. The van der Waals surface area contributed by atoms with Gasteiger partial charge in [-0.15, -0.1) is 0 Å². The van der Waals surface area contributed by atoms with Gasteiger partial charge in [-0.05, 0) is 12.1 Å². The van der Waals surface area contributed by atoms with Crippen LogP contribution < -0.4 is 16.0 Å². The molecule has 0 aliphatic rings. The Balaban J connectivity index is 1.85. The van der Waals surface area contributed by atoms with Gasteiger partial charge in [0.05, 0.1) is 5.69 Å². The van der Waals surface area contributed by atoms with Crippen LogP contribution in [0.5, 0.6) is 5.75 Å². The number of benzene rings is 1. The molecule has 0 unspecified atom stereocenters. The van der Waals surface area contributed by atoms with E-state index < -0.39 is 23.2 Å². The van der Waals surface area contributed by atoms with Gasteiger partial charge in [0.1, 0.15) is 12.4 Å². The predicted molar refractivity (Wildman–Crippen MR) is 78.7 cm³/mol. The smallest absolute Gasteiger partial charge is 0.336 e. The summed E-state index contributed by atoms with van der Waals surface area (Å²) in [4.78, 5) is 49.3. The maximum atomic E-state index is 11.5. The average molecular weight is 316 g/mol. The van der Waals surface area contributed by atoms with Gasteiger partial charge in [-0.25, -0.2) is 14.4 Å². The fourth-order valence-corrected chi connectivity index (χ4v) is 1.57. The third-order valence-electron chi connectivity index (χ3n) is 2.50. The van der Waals surface area contributed by atoms with E-state index in [1.807, 2.05) is 4.98 Å². The predicted octanol–water partition coefficient (Wildman–Crippen LogP) is 0.268. The Bertz CT molecular complexity index is 807. The SMILES string of the molecule is O=C(/C=C/C(=O)Oc1ccccc1)OCc1cc(=O)[nH]c(=O)[nH]1. The number of rotatable bonds is 5. The highest BCUT2D eigenvalue weighted by atomic mass is 16.5. The summed E-state index contributed by atoms with van der Waals surface area (Å²) in [7, 11) is 0. The number of carbonyl (C=O) groups excluding carboxylic acids is 2. The summed E-state index contributed by atoms with van der Waals surface area (Å²) in [6, 6.07) is 9.43. The first-order chi connectivity index (χ1) is 11.0. The third-order valence-corrected chi connectivity index (χ3v) is 2.50. The van der Waals surface area contributed by atoms with E-state index >= 15 is 0 Å². The lowest BCUT2D eigenvalue weighted by Gasteiger charge is -2.01. The van der Waals surface area contributed by atoms with Crippen molar-refractivity contribution in [2.75, 3.05) is 0 Å². The van der Waals surface area contributed by atoms with Gasteiger partial charge in [-0.3, -0.25) is 9.78 Å². The van der Waals surface area contributed by atoms with Crippen LogP contribution in [-0.2, 0) is 20.9 Å². The number of hydrogen-bond donors (Lipinski definition) is 2. The first-order valence-corrected chi connectivity index (χ1v) is 6.47. The molecule has 0 saturated carbocycles. The molecule has 1 aromatic heterocycles. The fraction of sp³-hybridized carbons (Fsp3) is 0.0667. The quantitative estimate of drug-likeness (QED) is 0.464. The number of para-hydroxylation sites is 1. The van der Waals surface area contributed by atoms with Gasteiger partial charge in [0.25, 0.3) is 5.56 Å². The largest absolute Gasteiger partial charge is 0.456 e. The molecule has 0 radical (unpaired) electrons. The van der Waals surface area contributed by atoms with Crippen LogP contribution in [0.4, 0.5) is 0 Å². The van der Waals surface area contributed by atoms with E-state index in [1.165, 1.54) is 0 Å². The fourth-order valence-electron chi connectivity index (χ4n) is 1.57. The van der Waals surface area contributed by atoms with Crippen LogP contribution in [-0.4, -0.2) is 21.9 Å². The van der Waals surface area contributed by atoms with Gasteiger partial charge >= 0.3 is 17.6 Å². The van der Waals surface area contributed by atoms with Gasteiger partial charge < -0.3 is 14.5 Å². The van der Waals surface area contributed by atoms with Crippen LogP contribution in [0.15, 0.2) is 58.1 Å². The minimum absolute atomic E-state index is 0.132. The number of nitrogens with one attached hydrogen (secondary N) is 2. The highest BCUT2D eigenvalue weighted by Gasteiger charge is 2.04. The normalized spacial score (nSPS) is 10.4. The van der Waals surface area contributed by atoms with Gasteiger partial charge in [-0.2, -0.15) is 0 Å². The van der Waals surface area contributed by atoms with Gasteiger partial charge in [0, 0.05) is 18.2 Å². The van der Waals surface area contributed by atoms with Crippen molar-refractivity contribution in [3.63, 3.8) is 0 Å². The molecule has 23 heavy (non-hydrogen) atoms. The van der Waals surface area contributed by atoms with Crippen LogP contribution in [0.25, 0.3) is 0 Å². The lowest BCUT2D eigenvalue weighted by molar-refractivity contribution is -0.139. The molecule has 118 valence electrons. The zero-order valence-corrected chi connectivity index (χ0v) is 11.8. The first-order valence-electron chi connectivity index (χ1n) is 6.47. The number of esters is 2. The summed E-state index contributed by atoms with van der Waals surface area (Å²) in [5, 5.41) is 0. The standard InChI is InChI=1S/C15H12N2O6/c18-12-8-10(16-15(21)17-12)9-22-13(19)6-7-14(20)23-11-4-2-1-3-5-11/h1-8H,9H2,(H2,16,17,18,21)/b7-6+. The number of hydrogen-bond acceptors (Lipinski definition) is 6. The molecule has 0 saturated heterocycles. The number of aromatic nitrogens is 2. The number of carbonyl (C=O) groups is 2. The zero-order valence-electron chi connectivity index (χ0n) is 11.8. The second-order valence-corrected chi connectivity index (χ2v) is 4.29. The maximum absolute atomic E-state index is 11.5. The van der Waals surface area contributed by atoms with E-state index in [-0.39, 0.29) is 12.3 Å². The summed E-state index contributed by atoms with van der Waals surface area (Å²) in [6.07, 6.45) is 1.80. The van der Waals surface area contributed by atoms with Crippen LogP contribution in [0.3, 0.4) is 0 Å². The summed E-state index contributed by atoms with van der Waals surface area (Å²) < 4.78 is 9.71. The van der Waals surface area contributed by atoms with E-state index in [2.05, 4.69) is 4.98 Å². The molecule has 0 aliphatic carbocycles. The lowest BCUT2D eigenvalue weighted by Crippen LogP contribution is -2.23. The summed E-state index contributed by atoms with van der Waals surface area (Å²) in [5.74, 6) is -1.22. The van der Waals surface area contributed by atoms with Crippen molar-refractivity contribution in [1.82, 2.24) is 9.97 Å². The van der Waals surface area contributed by atoms with Gasteiger partial charge in [-0.1, -0.05) is 18.2 Å². The molecule has 0 aliphatic heterocycles. The Hall–Kier alpha value is -3.42. The molecular formula is C15H12N2O6. The van der Waals surface area contributed by atoms with Crippen molar-refractivity contribution >= 4 is 11.9 Å². The lowest BCUT2D eigenvalue weighted by atomic mass is 10.3. The molecule has 2 N–H and O–H groups in total. The number of ether oxygens (including phenoxy) is 2. The van der Waals surface area contributed by atoms with Crippen LogP contribution in [0, 0.1) is 0 Å². The topological polar surface area (TPSA) is 118 Å². The van der Waals surface area contributed by atoms with Crippen molar-refractivity contribution in [2.24, 2.45) is 0 Å². The van der Waals surface area contributed by atoms with E-state index in [0.29, 0.717) is 5.75 Å². The molecule has 8 nitrogen and oxygen atoms in total. The second-order valence-electron chi connectivity index (χ2n) is 4.29. The number of aromatic amines is 2. The van der Waals surface area contributed by atoms with E-state index in [9.17, 15) is 19.2 Å². The molecule has 2 aromatic rings. The van der Waals surface area contributed by atoms with Gasteiger partial charge in [0.2, 0.25) is 0 Å². The molecule has 0 bridgehead atoms. The van der Waals surface area contributed by atoms with E-state index in [4.69, 9.17) is 9.47 Å². The van der Waals surface area contributed by atoms with Crippen molar-refractivity contribution in [3.8, 4) is 5.75 Å². The van der Waals surface area contributed by atoms with Crippen LogP contribution in [0.1, 0.15) is 5.69 Å². The van der Waals surface area contributed by atoms with Crippen molar-refractivity contribution in [2.45, 2.75) is 6.61 Å². The minimum atomic E-state index is -0.823. The molecule has 1 heterocycles. The average Bonchev–Trinajstić information content (AvgIpc) is 2.51. The Kier molecular flexibility index (Phi) is 5.24. The Morgan fingerprint density at radius 3 is 2.39 bits per heavy atom. The Morgan fingerprint density at radius 2 is 1.70 bits per heavy atom. The summed E-state index contributed by atoms with van der Waals surface area (Å²) in [5.41, 5.74) is -1.18. The monoisotopic (exact) mass is 316 g/mol. The molecule has 0 spiro atoms. The maximum Gasteiger partial charge on any atom is 0.336 e. The van der Waals surface area contributed by atoms with E-state index in [0.717, 1.165) is 18.2 Å². The molecular weight excluding hydrogens is 304 g/mol. The van der Waals surface area contributed by atoms with E-state index in [1.54, 1.807) is 30.3 Å². The summed E-state index contributed by atoms with van der Waals surface area (Å²) in [6.45, 7) is -0.309. The van der Waals surface area contributed by atoms with Crippen molar-refractivity contribution in [1.29, 1.82) is 0 Å². The van der Waals surface area contributed by atoms with Crippen LogP contribution >= 0.6 is 0 Å². The minimum Gasteiger partial charge on any atom is -0.456 e. The molecule has 1 aromatic carbocycles. The van der Waals surface area contributed by atoms with Gasteiger partial charge in [0.15, 0.2) is 0 Å². The number of H-pyrrole nitrogens is 2. The molecule has 8 heteroatoms. The highest BCUT2D eigenvalue weighted by Crippen LogP contribution is 2.08. The Morgan fingerprint density at radius 1 is 1.00 bits per heavy atom. The zero-order chi connectivity index (χ0) is 16.7. The molecule has 0 atom stereocenters. The third kappa shape index (κ3) is 5.46. The molecule has 2 rings (SSSR count). The second kappa shape index (κ2) is 7.55. The first kappa shape index (κ1) is 16.0.